The van der Waals surface area contributed by atoms with Gasteiger partial charge in [0.15, 0.2) is 0 Å². The minimum atomic E-state index is -0.776. The Bertz CT molecular complexity index is 2770. The number of carbonyl (C=O) groups is 5. The fourth-order valence-corrected chi connectivity index (χ4v) is 12.6. The molecule has 10 rings (SSSR count). The van der Waals surface area contributed by atoms with E-state index in [2.05, 4.69) is 20.4 Å². The zero-order valence-corrected chi connectivity index (χ0v) is 41.6. The van der Waals surface area contributed by atoms with Crippen LogP contribution in [0.15, 0.2) is 65.5 Å². The van der Waals surface area contributed by atoms with Gasteiger partial charge in [0.05, 0.1) is 28.8 Å². The van der Waals surface area contributed by atoms with Crippen LogP contribution in [0.2, 0.25) is 0 Å². The molecule has 14 nitrogen and oxygen atoms in total. The summed E-state index contributed by atoms with van der Waals surface area (Å²) in [6, 6.07) is 15.8. The first-order chi connectivity index (χ1) is 34.8. The minimum absolute atomic E-state index is 0.0309. The second kappa shape index (κ2) is 20.8. The maximum Gasteiger partial charge on any atom is 0.272 e. The van der Waals surface area contributed by atoms with Crippen molar-refractivity contribution in [3.05, 3.63) is 111 Å². The van der Waals surface area contributed by atoms with E-state index in [9.17, 15) is 28.8 Å². The Morgan fingerprint density at radius 2 is 1.43 bits per heavy atom. The molecule has 72 heavy (non-hydrogen) atoms. The molecule has 6 fully saturated rings. The molecule has 6 aliphatic rings. The molecule has 2 atom stereocenters. The van der Waals surface area contributed by atoms with E-state index in [0.717, 1.165) is 77.2 Å². The van der Waals surface area contributed by atoms with E-state index in [-0.39, 0.29) is 83.1 Å². The van der Waals surface area contributed by atoms with E-state index in [1.54, 1.807) is 46.2 Å². The van der Waals surface area contributed by atoms with Gasteiger partial charge in [-0.3, -0.25) is 33.7 Å². The summed E-state index contributed by atoms with van der Waals surface area (Å²) in [5.74, 6) is -2.30. The normalized spacial score (nSPS) is 22.5. The minimum Gasteiger partial charge on any atom is -0.342 e. The van der Waals surface area contributed by atoms with Gasteiger partial charge in [0.25, 0.3) is 17.4 Å². The first-order valence-electron chi connectivity index (χ1n) is 26.5. The third kappa shape index (κ3) is 10.4. The van der Waals surface area contributed by atoms with E-state index in [1.165, 1.54) is 12.1 Å². The van der Waals surface area contributed by atoms with Crippen molar-refractivity contribution in [1.29, 1.82) is 0 Å². The Hall–Kier alpha value is -6.03. The van der Waals surface area contributed by atoms with Crippen molar-refractivity contribution in [1.82, 2.24) is 40.0 Å². The molecule has 2 aliphatic carbocycles. The first kappa shape index (κ1) is 49.5. The van der Waals surface area contributed by atoms with E-state index < -0.39 is 29.5 Å². The summed E-state index contributed by atoms with van der Waals surface area (Å²) in [4.78, 5) is 91.3. The van der Waals surface area contributed by atoms with Gasteiger partial charge in [0, 0.05) is 81.5 Å². The second-order valence-electron chi connectivity index (χ2n) is 22.1. The number of hydrogen-bond donors (Lipinski definition) is 2. The highest BCUT2D eigenvalue weighted by Crippen LogP contribution is 2.47. The smallest absolute Gasteiger partial charge is 0.272 e. The molecule has 5 heterocycles. The highest BCUT2D eigenvalue weighted by atomic mass is 19.1. The molecule has 1 spiro atoms. The Morgan fingerprint density at radius 3 is 2.17 bits per heavy atom. The Kier molecular flexibility index (Phi) is 14.3. The van der Waals surface area contributed by atoms with E-state index >= 15 is 8.78 Å². The van der Waals surface area contributed by atoms with E-state index in [4.69, 9.17) is 0 Å². The van der Waals surface area contributed by atoms with Crippen LogP contribution in [0.1, 0.15) is 134 Å². The van der Waals surface area contributed by atoms with Gasteiger partial charge in [-0.25, -0.2) is 13.9 Å². The lowest BCUT2D eigenvalue weighted by Gasteiger charge is -2.49. The number of H-pyrrole nitrogens is 1. The molecule has 5 amide bonds. The van der Waals surface area contributed by atoms with Gasteiger partial charge >= 0.3 is 0 Å². The summed E-state index contributed by atoms with van der Waals surface area (Å²) >= 11 is 0. The molecule has 4 aromatic rings. The molecule has 0 radical (unpaired) electrons. The lowest BCUT2D eigenvalue weighted by atomic mass is 9.73. The number of benzene rings is 3. The van der Waals surface area contributed by atoms with Crippen molar-refractivity contribution in [2.24, 2.45) is 16.7 Å². The Labute approximate surface area is 419 Å². The number of halogens is 2. The average Bonchev–Trinajstić information content (AvgIpc) is 4.17. The molecule has 1 unspecified atom stereocenters. The third-order valence-corrected chi connectivity index (χ3v) is 17.1. The van der Waals surface area contributed by atoms with Crippen LogP contribution in [0.5, 0.6) is 0 Å². The van der Waals surface area contributed by atoms with Crippen molar-refractivity contribution >= 4 is 40.3 Å². The molecule has 4 saturated heterocycles. The molecular formula is C56H68F2N8O6. The van der Waals surface area contributed by atoms with Crippen LogP contribution in [-0.2, 0) is 20.8 Å². The standard InChI is InChI=1S/C56H68F2N8O6/c1-55(22-23-55)54(72)65-26-18-38(19-27-65)40-14-7-15-43(48(40)58)50(68)59-49(39-10-3-2-4-11-39)53(71)66-25-9-21-56(36-66)20-8-24-62(35-56)34-47(67)63-28-30-64(31-29-63)52(70)44-32-37(16-17-45(44)57)33-46-41-12-5-6-13-42(41)51(69)61-60-46/h5-7,12-17,32,38-39,49H,2-4,8-11,18-31,33-36H2,1H3,(H,59,68)(H,61,69)/t49-,56?/m1/s1. The van der Waals surface area contributed by atoms with Crippen LogP contribution in [0.3, 0.4) is 0 Å². The van der Waals surface area contributed by atoms with Crippen LogP contribution in [0.4, 0.5) is 8.78 Å². The van der Waals surface area contributed by atoms with Crippen LogP contribution in [0, 0.1) is 28.4 Å². The largest absolute Gasteiger partial charge is 0.342 e. The Morgan fingerprint density at radius 1 is 0.722 bits per heavy atom. The van der Waals surface area contributed by atoms with Crippen LogP contribution in [-0.4, -0.2) is 142 Å². The summed E-state index contributed by atoms with van der Waals surface area (Å²) in [5, 5.41) is 11.0. The molecular weight excluding hydrogens is 919 g/mol. The van der Waals surface area contributed by atoms with Crippen molar-refractivity contribution in [3.63, 3.8) is 0 Å². The molecule has 3 aromatic carbocycles. The highest BCUT2D eigenvalue weighted by Gasteiger charge is 2.48. The van der Waals surface area contributed by atoms with Gasteiger partial charge < -0.3 is 24.9 Å². The van der Waals surface area contributed by atoms with Gasteiger partial charge in [-0.1, -0.05) is 62.6 Å². The zero-order valence-electron chi connectivity index (χ0n) is 41.6. The molecule has 4 aliphatic heterocycles. The maximum absolute atomic E-state index is 16.4. The number of carbonyl (C=O) groups excluding carboxylic acids is 5. The third-order valence-electron chi connectivity index (χ3n) is 17.1. The number of nitrogens with zero attached hydrogens (tertiary/aromatic N) is 6. The quantitative estimate of drug-likeness (QED) is 0.169. The maximum atomic E-state index is 16.4. The SMILES string of the molecule is CC1(C(=O)N2CCC(c3cccc(C(=O)N[C@@H](C(=O)N4CCCC5(CCCN(CC(=O)N6CCN(C(=O)c7cc(Cc8n[nH]c(=O)c9ccccc89)ccc7F)CC6)C5)C4)C4CCCCC4)c3F)CC2)CC1. The summed E-state index contributed by atoms with van der Waals surface area (Å²) in [7, 11) is 0. The predicted octanol–water partition coefficient (Wildman–Crippen LogP) is 6.67. The van der Waals surface area contributed by atoms with E-state index in [1.807, 2.05) is 28.9 Å². The van der Waals surface area contributed by atoms with E-state index in [0.29, 0.717) is 86.2 Å². The lowest BCUT2D eigenvalue weighted by Crippen LogP contribution is -2.59. The average molecular weight is 987 g/mol. The molecule has 2 saturated carbocycles. The summed E-state index contributed by atoms with van der Waals surface area (Å²) in [6.07, 6.45) is 11.5. The zero-order chi connectivity index (χ0) is 50.1. The Balaban J connectivity index is 0.742. The number of fused-ring (bicyclic) bond motifs is 1. The van der Waals surface area contributed by atoms with Gasteiger partial charge in [0.2, 0.25) is 17.7 Å². The topological polar surface area (TPSA) is 159 Å². The number of nitrogens with one attached hydrogen (secondary N) is 2. The second-order valence-corrected chi connectivity index (χ2v) is 22.1. The summed E-state index contributed by atoms with van der Waals surface area (Å²) in [6.45, 7) is 7.06. The number of piperidine rings is 3. The van der Waals surface area contributed by atoms with Gasteiger partial charge in [0.1, 0.15) is 17.7 Å². The number of hydrogen-bond acceptors (Lipinski definition) is 8. The number of aromatic nitrogens is 2. The van der Waals surface area contributed by atoms with Gasteiger partial charge in [-0.2, -0.15) is 5.10 Å². The molecule has 2 N–H and O–H groups in total. The summed E-state index contributed by atoms with van der Waals surface area (Å²) in [5.41, 5.74) is 0.926. The monoisotopic (exact) mass is 987 g/mol. The van der Waals surface area contributed by atoms with Gasteiger partial charge in [-0.05, 0) is 118 Å². The predicted molar refractivity (Wildman–Crippen MR) is 268 cm³/mol. The fourth-order valence-electron chi connectivity index (χ4n) is 12.6. The number of likely N-dealkylation sites (tertiary alicyclic amines) is 3. The molecule has 382 valence electrons. The van der Waals surface area contributed by atoms with Crippen molar-refractivity contribution < 1.29 is 32.8 Å². The van der Waals surface area contributed by atoms with Crippen LogP contribution < -0.4 is 10.9 Å². The molecule has 1 aromatic heterocycles. The summed E-state index contributed by atoms with van der Waals surface area (Å²) < 4.78 is 31.7. The number of aromatic amines is 1. The van der Waals surface area contributed by atoms with Crippen molar-refractivity contribution in [2.45, 2.75) is 109 Å². The highest BCUT2D eigenvalue weighted by molar-refractivity contribution is 5.98. The fraction of sp³-hybridized carbons (Fsp3) is 0.554. The van der Waals surface area contributed by atoms with Crippen LogP contribution in [0.25, 0.3) is 10.8 Å². The molecule has 16 heteroatoms. The van der Waals surface area contributed by atoms with Crippen molar-refractivity contribution in [2.75, 3.05) is 72.0 Å². The van der Waals surface area contributed by atoms with Crippen molar-refractivity contribution in [3.8, 4) is 0 Å². The number of rotatable bonds is 11. The first-order valence-corrected chi connectivity index (χ1v) is 26.5. The van der Waals surface area contributed by atoms with Gasteiger partial charge in [-0.15, -0.1) is 0 Å². The molecule has 0 bridgehead atoms. The van der Waals surface area contributed by atoms with Crippen LogP contribution >= 0.6 is 0 Å². The number of piperazine rings is 1. The lowest BCUT2D eigenvalue weighted by molar-refractivity contribution is -0.141. The number of amides is 5.